The average Bonchev–Trinajstić information content (AvgIpc) is 3.27. The summed E-state index contributed by atoms with van der Waals surface area (Å²) in [4.78, 5) is 14.9. The number of hydrogen-bond acceptors (Lipinski definition) is 7. The fraction of sp³-hybridized carbons (Fsp3) is 0.500. The number of nitrogens with zero attached hydrogens (tertiary/aromatic N) is 2. The zero-order valence-corrected chi connectivity index (χ0v) is 21.7. The smallest absolute Gasteiger partial charge is 0.254 e. The third kappa shape index (κ3) is 5.90. The average molecular weight is 519 g/mol. The number of aryl methyl sites for hydroxylation is 2. The molecular weight excluding hydrogens is 484 g/mol. The fourth-order valence-corrected chi connectivity index (χ4v) is 6.41. The van der Waals surface area contributed by atoms with Crippen LogP contribution in [0.4, 0.5) is 0 Å². The normalized spacial score (nSPS) is 23.1. The second-order valence-corrected chi connectivity index (χ2v) is 11.3. The quantitative estimate of drug-likeness (QED) is 0.568. The van der Waals surface area contributed by atoms with Crippen molar-refractivity contribution in [2.75, 3.05) is 46.6 Å². The van der Waals surface area contributed by atoms with E-state index in [0.29, 0.717) is 36.6 Å². The number of benzene rings is 2. The van der Waals surface area contributed by atoms with Crippen molar-refractivity contribution in [2.45, 2.75) is 37.9 Å². The predicted octanol–water partition coefficient (Wildman–Crippen LogP) is 1.74. The van der Waals surface area contributed by atoms with Crippen LogP contribution in [0.2, 0.25) is 0 Å². The maximum atomic E-state index is 13.2. The highest BCUT2D eigenvalue weighted by Gasteiger charge is 2.38. The van der Waals surface area contributed by atoms with E-state index in [1.165, 1.54) is 4.31 Å². The summed E-state index contributed by atoms with van der Waals surface area (Å²) < 4.78 is 44.5. The van der Waals surface area contributed by atoms with E-state index < -0.39 is 22.2 Å². The summed E-state index contributed by atoms with van der Waals surface area (Å²) in [6.45, 7) is 5.04. The van der Waals surface area contributed by atoms with Crippen LogP contribution in [0.25, 0.3) is 0 Å². The lowest BCUT2D eigenvalue weighted by Gasteiger charge is -2.33. The van der Waals surface area contributed by atoms with Gasteiger partial charge in [-0.15, -0.1) is 0 Å². The second kappa shape index (κ2) is 11.3. The molecule has 1 amide bonds. The molecule has 0 saturated carbocycles. The molecular formula is C26H34N2O7S. The maximum Gasteiger partial charge on any atom is 0.254 e. The minimum absolute atomic E-state index is 0.0619. The number of likely N-dealkylation sites (tertiary alicyclic amines) is 1. The number of rotatable bonds is 8. The van der Waals surface area contributed by atoms with Crippen LogP contribution in [0.3, 0.4) is 0 Å². The van der Waals surface area contributed by atoms with Crippen LogP contribution in [-0.4, -0.2) is 93.5 Å². The molecule has 36 heavy (non-hydrogen) atoms. The monoisotopic (exact) mass is 518 g/mol. The molecule has 196 valence electrons. The second-order valence-electron chi connectivity index (χ2n) is 9.38. The molecule has 2 aromatic rings. The highest BCUT2D eigenvalue weighted by Crippen LogP contribution is 2.25. The van der Waals surface area contributed by atoms with Gasteiger partial charge in [0.05, 0.1) is 44.7 Å². The van der Waals surface area contributed by atoms with Gasteiger partial charge in [0, 0.05) is 19.2 Å². The van der Waals surface area contributed by atoms with Crippen LogP contribution in [0.15, 0.2) is 42.5 Å². The molecule has 2 aliphatic heterocycles. The molecule has 0 aromatic heterocycles. The molecule has 10 heteroatoms. The number of aliphatic hydroxyl groups is 1. The van der Waals surface area contributed by atoms with Crippen LogP contribution in [0.1, 0.15) is 27.0 Å². The van der Waals surface area contributed by atoms with E-state index in [2.05, 4.69) is 0 Å². The molecule has 3 unspecified atom stereocenters. The molecule has 2 aromatic carbocycles. The molecule has 0 radical (unpaired) electrons. The van der Waals surface area contributed by atoms with Crippen molar-refractivity contribution in [3.63, 3.8) is 0 Å². The molecule has 2 heterocycles. The van der Waals surface area contributed by atoms with Gasteiger partial charge in [0.25, 0.3) is 5.91 Å². The van der Waals surface area contributed by atoms with E-state index in [9.17, 15) is 18.3 Å². The summed E-state index contributed by atoms with van der Waals surface area (Å²) in [5.41, 5.74) is 3.18. The summed E-state index contributed by atoms with van der Waals surface area (Å²) in [5, 5.41) is 9.56. The van der Waals surface area contributed by atoms with Gasteiger partial charge in [-0.25, -0.2) is 8.42 Å². The molecule has 2 saturated heterocycles. The molecule has 0 bridgehead atoms. The first-order valence-corrected chi connectivity index (χ1v) is 13.7. The number of carbonyl (C=O) groups excluding carboxylic acids is 1. The Morgan fingerprint density at radius 1 is 1.14 bits per heavy atom. The van der Waals surface area contributed by atoms with Crippen LogP contribution in [-0.2, 0) is 25.2 Å². The van der Waals surface area contributed by atoms with Crippen molar-refractivity contribution in [1.29, 1.82) is 0 Å². The van der Waals surface area contributed by atoms with Crippen molar-refractivity contribution in [3.8, 4) is 5.75 Å². The third-order valence-electron chi connectivity index (χ3n) is 6.71. The van der Waals surface area contributed by atoms with Crippen molar-refractivity contribution in [2.24, 2.45) is 0 Å². The number of sulfonamides is 1. The highest BCUT2D eigenvalue weighted by atomic mass is 32.2. The minimum atomic E-state index is -3.66. The topological polar surface area (TPSA) is 106 Å². The number of hydrogen-bond donors (Lipinski definition) is 1. The zero-order valence-electron chi connectivity index (χ0n) is 20.9. The number of methoxy groups -OCH3 is 1. The molecule has 0 aliphatic carbocycles. The van der Waals surface area contributed by atoms with E-state index in [1.54, 1.807) is 36.3 Å². The Morgan fingerprint density at radius 2 is 1.92 bits per heavy atom. The first kappa shape index (κ1) is 26.6. The van der Waals surface area contributed by atoms with Gasteiger partial charge in [0.2, 0.25) is 10.0 Å². The summed E-state index contributed by atoms with van der Waals surface area (Å²) in [6.07, 6.45) is -0.709. The first-order valence-electron chi connectivity index (χ1n) is 12.0. The predicted molar refractivity (Wildman–Crippen MR) is 134 cm³/mol. The standard InChI is InChI=1S/C26H34N2O7S/c1-18-7-8-19(2)23(11-18)26(30)27-13-24(33-3)25(14-27)35-22-6-4-5-20(12-22)17-36(31,32)28-9-10-34-16-21(28)15-29/h4-8,11-12,21,24-25,29H,9-10,13-17H2,1-3H3. The summed E-state index contributed by atoms with van der Waals surface area (Å²) in [5.74, 6) is 0.237. The molecule has 0 spiro atoms. The van der Waals surface area contributed by atoms with Crippen LogP contribution in [0.5, 0.6) is 5.75 Å². The first-order chi connectivity index (χ1) is 17.2. The van der Waals surface area contributed by atoms with Gasteiger partial charge in [-0.1, -0.05) is 29.8 Å². The number of amides is 1. The number of aliphatic hydroxyl groups excluding tert-OH is 1. The number of ether oxygens (including phenoxy) is 3. The van der Waals surface area contributed by atoms with Crippen LogP contribution >= 0.6 is 0 Å². The fourth-order valence-electron chi connectivity index (χ4n) is 4.71. The molecule has 2 fully saturated rings. The number of morpholine rings is 1. The summed E-state index contributed by atoms with van der Waals surface area (Å²) in [7, 11) is -2.06. The lowest BCUT2D eigenvalue weighted by atomic mass is 10.0. The zero-order chi connectivity index (χ0) is 25.9. The van der Waals surface area contributed by atoms with Gasteiger partial charge in [-0.2, -0.15) is 4.31 Å². The van der Waals surface area contributed by atoms with Crippen LogP contribution < -0.4 is 4.74 Å². The highest BCUT2D eigenvalue weighted by molar-refractivity contribution is 7.88. The van der Waals surface area contributed by atoms with Gasteiger partial charge in [-0.3, -0.25) is 4.79 Å². The van der Waals surface area contributed by atoms with E-state index >= 15 is 0 Å². The largest absolute Gasteiger partial charge is 0.486 e. The lowest BCUT2D eigenvalue weighted by molar-refractivity contribution is 0.0108. The van der Waals surface area contributed by atoms with Gasteiger partial charge in [0.1, 0.15) is 18.0 Å². The Hall–Kier alpha value is -2.50. The molecule has 1 N–H and O–H groups in total. The Labute approximate surface area is 212 Å². The van der Waals surface area contributed by atoms with Gasteiger partial charge in [-0.05, 0) is 43.2 Å². The minimum Gasteiger partial charge on any atom is -0.486 e. The molecule has 9 nitrogen and oxygen atoms in total. The van der Waals surface area contributed by atoms with Gasteiger partial charge < -0.3 is 24.2 Å². The van der Waals surface area contributed by atoms with Crippen molar-refractivity contribution >= 4 is 15.9 Å². The van der Waals surface area contributed by atoms with Gasteiger partial charge in [0.15, 0.2) is 0 Å². The van der Waals surface area contributed by atoms with Crippen molar-refractivity contribution < 1.29 is 32.5 Å². The van der Waals surface area contributed by atoms with E-state index in [-0.39, 0.29) is 37.5 Å². The third-order valence-corrected chi connectivity index (χ3v) is 8.60. The van der Waals surface area contributed by atoms with E-state index in [4.69, 9.17) is 14.2 Å². The Balaban J connectivity index is 1.45. The Bertz CT molecular complexity index is 1190. The Kier molecular flexibility index (Phi) is 8.31. The SMILES string of the molecule is COC1CN(C(=O)c2cc(C)ccc2C)CC1Oc1cccc(CS(=O)(=O)N2CCOCC2CO)c1. The number of carbonyl (C=O) groups is 1. The van der Waals surface area contributed by atoms with Gasteiger partial charge >= 0.3 is 0 Å². The summed E-state index contributed by atoms with van der Waals surface area (Å²) >= 11 is 0. The summed E-state index contributed by atoms with van der Waals surface area (Å²) in [6, 6.07) is 12.2. The molecule has 4 rings (SSSR count). The molecule has 2 aliphatic rings. The van der Waals surface area contributed by atoms with Crippen molar-refractivity contribution in [1.82, 2.24) is 9.21 Å². The van der Waals surface area contributed by atoms with E-state index in [1.807, 2.05) is 32.0 Å². The maximum absolute atomic E-state index is 13.2. The van der Waals surface area contributed by atoms with E-state index in [0.717, 1.165) is 11.1 Å². The lowest BCUT2D eigenvalue weighted by Crippen LogP contribution is -2.50. The van der Waals surface area contributed by atoms with Crippen molar-refractivity contribution in [3.05, 3.63) is 64.7 Å². The Morgan fingerprint density at radius 3 is 2.67 bits per heavy atom. The molecule has 3 atom stereocenters. The van der Waals surface area contributed by atoms with Crippen LogP contribution in [0, 0.1) is 13.8 Å².